The van der Waals surface area contributed by atoms with Crippen LogP contribution in [0.1, 0.15) is 0 Å². The summed E-state index contributed by atoms with van der Waals surface area (Å²) < 4.78 is 45.7. The molecule has 1 aromatic heterocycles. The Bertz CT molecular complexity index is 348. The van der Waals surface area contributed by atoms with Crippen molar-refractivity contribution < 1.29 is 22.6 Å². The Balaban J connectivity index is 2.93. The number of anilines is 1. The number of nitrogen functional groups attached to an aromatic ring is 1. The molecule has 0 radical (unpaired) electrons. The monoisotopic (exact) mass is 223 g/mol. The van der Waals surface area contributed by atoms with E-state index in [1.165, 1.54) is 7.11 Å². The van der Waals surface area contributed by atoms with Crippen molar-refractivity contribution >= 4 is 5.95 Å². The van der Waals surface area contributed by atoms with Crippen LogP contribution in [0.5, 0.6) is 11.6 Å². The van der Waals surface area contributed by atoms with Crippen LogP contribution in [0, 0.1) is 5.95 Å². The number of methoxy groups -OCH3 is 1. The number of halogens is 3. The van der Waals surface area contributed by atoms with Gasteiger partial charge in [0.1, 0.15) is 6.61 Å². The molecule has 0 atom stereocenters. The van der Waals surface area contributed by atoms with E-state index < -0.39 is 24.7 Å². The van der Waals surface area contributed by atoms with Gasteiger partial charge in [0.25, 0.3) is 18.3 Å². The number of hydrogen-bond donors (Lipinski definition) is 1. The molecule has 0 spiro atoms. The molecule has 0 amide bonds. The van der Waals surface area contributed by atoms with Crippen LogP contribution in [0.25, 0.3) is 0 Å². The fourth-order valence-corrected chi connectivity index (χ4v) is 0.825. The molecule has 2 N–H and O–H groups in total. The summed E-state index contributed by atoms with van der Waals surface area (Å²) in [6.45, 7) is -0.972. The van der Waals surface area contributed by atoms with Crippen molar-refractivity contribution in [1.29, 1.82) is 0 Å². The van der Waals surface area contributed by atoms with Crippen LogP contribution in [0.4, 0.5) is 19.1 Å². The largest absolute Gasteiger partial charge is 0.479 e. The minimum absolute atomic E-state index is 0.319. The molecule has 0 aliphatic rings. The SMILES string of the molecule is COc1nc(N)nc(F)c1OCC(F)F. The zero-order valence-corrected chi connectivity index (χ0v) is 7.71. The fraction of sp³-hybridized carbons (Fsp3) is 0.429. The zero-order chi connectivity index (χ0) is 11.4. The quantitative estimate of drug-likeness (QED) is 0.766. The summed E-state index contributed by atoms with van der Waals surface area (Å²) in [7, 11) is 1.18. The molecular weight excluding hydrogens is 215 g/mol. The molecular formula is C7H8F3N3O2. The number of nitrogens with zero attached hydrogens (tertiary/aromatic N) is 2. The standard InChI is InChI=1S/C7H8F3N3O2/c1-14-6-4(15-2-3(8)9)5(10)12-7(11)13-6/h3H,2H2,1H3,(H2,11,12,13). The first kappa shape index (κ1) is 11.3. The van der Waals surface area contributed by atoms with Crippen molar-refractivity contribution in [2.24, 2.45) is 0 Å². The molecule has 5 nitrogen and oxygen atoms in total. The van der Waals surface area contributed by atoms with Crippen molar-refractivity contribution in [3.63, 3.8) is 0 Å². The molecule has 0 aromatic carbocycles. The number of ether oxygens (including phenoxy) is 2. The Morgan fingerprint density at radius 1 is 1.40 bits per heavy atom. The van der Waals surface area contributed by atoms with E-state index in [1.54, 1.807) is 0 Å². The van der Waals surface area contributed by atoms with Gasteiger partial charge in [0.2, 0.25) is 11.7 Å². The van der Waals surface area contributed by atoms with Crippen LogP contribution in [0.3, 0.4) is 0 Å². The first-order valence-electron chi connectivity index (χ1n) is 3.82. The zero-order valence-electron chi connectivity index (χ0n) is 7.71. The lowest BCUT2D eigenvalue weighted by Gasteiger charge is -2.09. The van der Waals surface area contributed by atoms with Gasteiger partial charge in [-0.05, 0) is 0 Å². The van der Waals surface area contributed by atoms with E-state index in [4.69, 9.17) is 5.73 Å². The third kappa shape index (κ3) is 2.86. The molecule has 8 heteroatoms. The Hall–Kier alpha value is -1.73. The highest BCUT2D eigenvalue weighted by molar-refractivity contribution is 5.36. The van der Waals surface area contributed by atoms with Crippen LogP contribution in [0.15, 0.2) is 0 Å². The van der Waals surface area contributed by atoms with E-state index >= 15 is 0 Å². The lowest BCUT2D eigenvalue weighted by atomic mass is 10.5. The lowest BCUT2D eigenvalue weighted by molar-refractivity contribution is 0.0774. The molecule has 0 saturated heterocycles. The minimum Gasteiger partial charge on any atom is -0.479 e. The van der Waals surface area contributed by atoms with Crippen molar-refractivity contribution in [2.75, 3.05) is 19.5 Å². The van der Waals surface area contributed by atoms with Gasteiger partial charge in [-0.25, -0.2) is 8.78 Å². The molecule has 1 aromatic rings. The van der Waals surface area contributed by atoms with Crippen molar-refractivity contribution in [1.82, 2.24) is 9.97 Å². The Morgan fingerprint density at radius 2 is 2.07 bits per heavy atom. The third-order valence-electron chi connectivity index (χ3n) is 1.36. The Labute approximate surface area is 83.0 Å². The van der Waals surface area contributed by atoms with Gasteiger partial charge in [0.15, 0.2) is 0 Å². The molecule has 0 unspecified atom stereocenters. The lowest BCUT2D eigenvalue weighted by Crippen LogP contribution is -2.11. The highest BCUT2D eigenvalue weighted by atomic mass is 19.3. The van der Waals surface area contributed by atoms with Gasteiger partial charge < -0.3 is 15.2 Å². The summed E-state index contributed by atoms with van der Waals surface area (Å²) in [6, 6.07) is 0. The second-order valence-corrected chi connectivity index (χ2v) is 2.41. The van der Waals surface area contributed by atoms with E-state index in [9.17, 15) is 13.2 Å². The summed E-state index contributed by atoms with van der Waals surface area (Å²) in [5.74, 6) is -2.40. The minimum atomic E-state index is -2.73. The molecule has 0 fully saturated rings. The van der Waals surface area contributed by atoms with E-state index in [1.807, 2.05) is 0 Å². The molecule has 84 valence electrons. The second-order valence-electron chi connectivity index (χ2n) is 2.41. The van der Waals surface area contributed by atoms with Gasteiger partial charge in [-0.1, -0.05) is 0 Å². The van der Waals surface area contributed by atoms with E-state index in [0.29, 0.717) is 0 Å². The van der Waals surface area contributed by atoms with Crippen LogP contribution < -0.4 is 15.2 Å². The van der Waals surface area contributed by atoms with Gasteiger partial charge in [-0.3, -0.25) is 0 Å². The van der Waals surface area contributed by atoms with Gasteiger partial charge in [-0.2, -0.15) is 14.4 Å². The third-order valence-corrected chi connectivity index (χ3v) is 1.36. The van der Waals surface area contributed by atoms with Crippen LogP contribution in [0.2, 0.25) is 0 Å². The number of hydrogen-bond acceptors (Lipinski definition) is 5. The number of aromatic nitrogens is 2. The first-order valence-corrected chi connectivity index (χ1v) is 3.82. The predicted molar refractivity (Wildman–Crippen MR) is 44.5 cm³/mol. The molecule has 0 bridgehead atoms. The van der Waals surface area contributed by atoms with Crippen molar-refractivity contribution in [3.05, 3.63) is 5.95 Å². The van der Waals surface area contributed by atoms with Crippen molar-refractivity contribution in [2.45, 2.75) is 6.43 Å². The molecule has 0 aliphatic carbocycles. The molecule has 15 heavy (non-hydrogen) atoms. The van der Waals surface area contributed by atoms with E-state index in [-0.39, 0.29) is 11.8 Å². The van der Waals surface area contributed by atoms with Gasteiger partial charge >= 0.3 is 0 Å². The molecule has 0 aliphatic heterocycles. The van der Waals surface area contributed by atoms with Crippen LogP contribution >= 0.6 is 0 Å². The Kier molecular flexibility index (Phi) is 3.53. The maximum Gasteiger partial charge on any atom is 0.272 e. The number of alkyl halides is 2. The summed E-state index contributed by atoms with van der Waals surface area (Å²) in [5.41, 5.74) is 5.11. The average molecular weight is 223 g/mol. The fourth-order valence-electron chi connectivity index (χ4n) is 0.825. The highest BCUT2D eigenvalue weighted by Crippen LogP contribution is 2.27. The highest BCUT2D eigenvalue weighted by Gasteiger charge is 2.17. The van der Waals surface area contributed by atoms with E-state index in [0.717, 1.165) is 0 Å². The summed E-state index contributed by atoms with van der Waals surface area (Å²) in [5, 5.41) is 0. The summed E-state index contributed by atoms with van der Waals surface area (Å²) in [6.07, 6.45) is -2.73. The maximum atomic E-state index is 13.1. The Morgan fingerprint density at radius 3 is 2.60 bits per heavy atom. The average Bonchev–Trinajstić information content (AvgIpc) is 2.14. The van der Waals surface area contributed by atoms with Crippen LogP contribution in [-0.4, -0.2) is 30.1 Å². The number of nitrogens with two attached hydrogens (primary N) is 1. The van der Waals surface area contributed by atoms with Crippen LogP contribution in [-0.2, 0) is 0 Å². The second kappa shape index (κ2) is 4.67. The molecule has 1 heterocycles. The normalized spacial score (nSPS) is 10.5. The molecule has 1 rings (SSSR count). The van der Waals surface area contributed by atoms with Crippen molar-refractivity contribution in [3.8, 4) is 11.6 Å². The number of rotatable bonds is 4. The van der Waals surface area contributed by atoms with Gasteiger partial charge in [0, 0.05) is 0 Å². The topological polar surface area (TPSA) is 70.3 Å². The maximum absolute atomic E-state index is 13.1. The molecule has 0 saturated carbocycles. The summed E-state index contributed by atoms with van der Waals surface area (Å²) >= 11 is 0. The van der Waals surface area contributed by atoms with Gasteiger partial charge in [0.05, 0.1) is 7.11 Å². The van der Waals surface area contributed by atoms with E-state index in [2.05, 4.69) is 19.4 Å². The van der Waals surface area contributed by atoms with Gasteiger partial charge in [-0.15, -0.1) is 0 Å². The smallest absolute Gasteiger partial charge is 0.272 e. The first-order chi connectivity index (χ1) is 7.04. The summed E-state index contributed by atoms with van der Waals surface area (Å²) in [4.78, 5) is 6.58. The predicted octanol–water partition coefficient (Wildman–Crippen LogP) is 0.850.